The first kappa shape index (κ1) is 41.7. The Kier molecular flexibility index (Phi) is 12.6. The fraction of sp³-hybridized carbons (Fsp3) is 0.816. The molecule has 3 aliphatic carbocycles. The van der Waals surface area contributed by atoms with Crippen molar-refractivity contribution in [2.45, 2.75) is 154 Å². The number of sulfone groups is 1. The molecule has 0 aromatic carbocycles. The molecule has 0 aromatic rings. The fourth-order valence-electron chi connectivity index (χ4n) is 8.92. The molecule has 5 amide bonds. The molecule has 4 N–H and O–H groups in total. The number of nitrogens with one attached hydrogen (secondary N) is 4. The molecule has 0 spiro atoms. The molecule has 4 aliphatic rings. The van der Waals surface area contributed by atoms with Crippen LogP contribution in [0.15, 0.2) is 12.4 Å². The van der Waals surface area contributed by atoms with Gasteiger partial charge in [0.25, 0.3) is 5.91 Å². The number of hydrogen-bond acceptors (Lipinski definition) is 7. The second-order valence-electron chi connectivity index (χ2n) is 17.8. The van der Waals surface area contributed by atoms with Gasteiger partial charge in [0.15, 0.2) is 9.84 Å². The zero-order valence-corrected chi connectivity index (χ0v) is 33.1. The number of ketones is 1. The Morgan fingerprint density at radius 3 is 2.04 bits per heavy atom. The highest BCUT2D eigenvalue weighted by Gasteiger charge is 2.70. The normalized spacial score (nSPS) is 25.8. The minimum absolute atomic E-state index is 0.0214. The molecule has 52 heavy (non-hydrogen) atoms. The summed E-state index contributed by atoms with van der Waals surface area (Å²) in [6, 6.07) is -3.70. The number of likely N-dealkylation sites (tertiary alicyclic amines) is 1. The van der Waals surface area contributed by atoms with E-state index in [1.54, 1.807) is 32.6 Å². The van der Waals surface area contributed by atoms with E-state index in [0.717, 1.165) is 38.5 Å². The van der Waals surface area contributed by atoms with Crippen LogP contribution >= 0.6 is 0 Å². The lowest BCUT2D eigenvalue weighted by Crippen LogP contribution is -2.65. The molecule has 294 valence electrons. The van der Waals surface area contributed by atoms with Gasteiger partial charge < -0.3 is 26.2 Å². The lowest BCUT2D eigenvalue weighted by Gasteiger charge is -2.44. The number of carbonyl (C=O) groups excluding carboxylic acids is 5. The largest absolute Gasteiger partial charge is 0.344 e. The molecule has 1 heterocycles. The second-order valence-corrected chi connectivity index (χ2v) is 20.5. The Bertz CT molecular complexity index is 1510. The van der Waals surface area contributed by atoms with Gasteiger partial charge in [-0.05, 0) is 75.5 Å². The molecule has 0 aromatic heterocycles. The molecule has 1 unspecified atom stereocenters. The van der Waals surface area contributed by atoms with Gasteiger partial charge in [-0.25, -0.2) is 17.6 Å². The summed E-state index contributed by atoms with van der Waals surface area (Å²) in [7, 11) is -3.59. The highest BCUT2D eigenvalue weighted by Crippen LogP contribution is 2.65. The minimum atomic E-state index is -3.59. The Hall–Kier alpha value is -3.03. The molecule has 0 bridgehead atoms. The van der Waals surface area contributed by atoms with Gasteiger partial charge in [-0.15, -0.1) is 0 Å². The molecule has 5 atom stereocenters. The monoisotopic (exact) mass is 751 g/mol. The van der Waals surface area contributed by atoms with Gasteiger partial charge in [-0.1, -0.05) is 79.2 Å². The fourth-order valence-corrected chi connectivity index (χ4v) is 10.4. The molecule has 14 heteroatoms. The van der Waals surface area contributed by atoms with Gasteiger partial charge >= 0.3 is 6.03 Å². The van der Waals surface area contributed by atoms with Crippen LogP contribution in [-0.4, -0.2) is 90.1 Å². The first-order chi connectivity index (χ1) is 24.1. The van der Waals surface area contributed by atoms with Gasteiger partial charge in [0.05, 0.1) is 28.6 Å². The van der Waals surface area contributed by atoms with Crippen LogP contribution < -0.4 is 21.3 Å². The van der Waals surface area contributed by atoms with Crippen molar-refractivity contribution in [3.05, 3.63) is 12.4 Å². The van der Waals surface area contributed by atoms with E-state index in [1.807, 2.05) is 20.8 Å². The number of urea groups is 1. The van der Waals surface area contributed by atoms with Crippen LogP contribution in [-0.2, 0) is 29.0 Å². The summed E-state index contributed by atoms with van der Waals surface area (Å²) in [4.78, 5) is 70.2. The van der Waals surface area contributed by atoms with E-state index in [2.05, 4.69) is 27.8 Å². The Labute approximate surface area is 309 Å². The summed E-state index contributed by atoms with van der Waals surface area (Å²) in [5, 5.41) is 11.0. The van der Waals surface area contributed by atoms with Crippen molar-refractivity contribution in [1.82, 2.24) is 26.2 Å². The summed E-state index contributed by atoms with van der Waals surface area (Å²) in [5.74, 6) is -4.06. The lowest BCUT2D eigenvalue weighted by atomic mass is 9.70. The highest BCUT2D eigenvalue weighted by atomic mass is 32.2. The predicted molar refractivity (Wildman–Crippen MR) is 197 cm³/mol. The maximum Gasteiger partial charge on any atom is 0.315 e. The van der Waals surface area contributed by atoms with Crippen LogP contribution in [0, 0.1) is 22.7 Å². The zero-order chi connectivity index (χ0) is 38.9. The van der Waals surface area contributed by atoms with E-state index in [-0.39, 0.29) is 35.3 Å². The number of fused-ring (bicyclic) bond motifs is 1. The van der Waals surface area contributed by atoms with Crippen molar-refractivity contribution in [3.63, 3.8) is 0 Å². The molecule has 3 saturated carbocycles. The summed E-state index contributed by atoms with van der Waals surface area (Å²) in [6.07, 6.45) is 8.28. The topological polar surface area (TPSA) is 171 Å². The average molecular weight is 752 g/mol. The number of carbonyl (C=O) groups is 5. The smallest absolute Gasteiger partial charge is 0.315 e. The van der Waals surface area contributed by atoms with Crippen molar-refractivity contribution < 1.29 is 36.8 Å². The van der Waals surface area contributed by atoms with Crippen LogP contribution in [0.3, 0.4) is 0 Å². The van der Waals surface area contributed by atoms with Crippen molar-refractivity contribution in [3.8, 4) is 0 Å². The van der Waals surface area contributed by atoms with Crippen molar-refractivity contribution >= 4 is 39.4 Å². The molecule has 4 fully saturated rings. The van der Waals surface area contributed by atoms with E-state index in [0.29, 0.717) is 38.6 Å². The van der Waals surface area contributed by atoms with Gasteiger partial charge in [-0.2, -0.15) is 0 Å². The van der Waals surface area contributed by atoms with Crippen molar-refractivity contribution in [2.75, 3.05) is 18.8 Å². The number of piperidine rings is 1. The number of amides is 5. The first-order valence-corrected chi connectivity index (χ1v) is 20.8. The van der Waals surface area contributed by atoms with E-state index in [4.69, 9.17) is 0 Å². The van der Waals surface area contributed by atoms with Gasteiger partial charge in [0, 0.05) is 6.54 Å². The lowest BCUT2D eigenvalue weighted by molar-refractivity contribution is -0.146. The molecule has 4 rings (SSSR count). The van der Waals surface area contributed by atoms with Crippen LogP contribution in [0.25, 0.3) is 0 Å². The summed E-state index contributed by atoms with van der Waals surface area (Å²) >= 11 is 0. The maximum absolute atomic E-state index is 14.8. The molecule has 0 radical (unpaired) electrons. The van der Waals surface area contributed by atoms with E-state index in [9.17, 15) is 36.8 Å². The predicted octanol–water partition coefficient (Wildman–Crippen LogP) is 4.48. The van der Waals surface area contributed by atoms with Crippen molar-refractivity contribution in [2.24, 2.45) is 22.7 Å². The van der Waals surface area contributed by atoms with Crippen LogP contribution in [0.1, 0.15) is 126 Å². The quantitative estimate of drug-likeness (QED) is 0.190. The van der Waals surface area contributed by atoms with Crippen LogP contribution in [0.2, 0.25) is 0 Å². The minimum Gasteiger partial charge on any atom is -0.344 e. The van der Waals surface area contributed by atoms with E-state index >= 15 is 0 Å². The van der Waals surface area contributed by atoms with Crippen LogP contribution in [0.4, 0.5) is 9.18 Å². The summed E-state index contributed by atoms with van der Waals surface area (Å²) in [6.45, 7) is 15.7. The van der Waals surface area contributed by atoms with Gasteiger partial charge in [-0.3, -0.25) is 19.2 Å². The Morgan fingerprint density at radius 1 is 0.923 bits per heavy atom. The maximum atomic E-state index is 14.8. The Morgan fingerprint density at radius 2 is 1.50 bits per heavy atom. The molecular formula is C38H62FN5O7S. The van der Waals surface area contributed by atoms with Gasteiger partial charge in [0.2, 0.25) is 17.6 Å². The third kappa shape index (κ3) is 9.01. The van der Waals surface area contributed by atoms with Crippen LogP contribution in [0.5, 0.6) is 0 Å². The number of hydrogen-bond donors (Lipinski definition) is 4. The standard InChI is InChI=1S/C38H62FN5O7S/c1-9-16-26(29(45)32(47)40-21-24(2)39)41-31(46)28-27-25(36(27,6)7)22-44(28)33(48)30(37(8)17-12-10-13-18-37)42-34(49)43-38(19-14-11-15-20-38)23-52(50,51)35(3,4)5/h25-28,30H,2,9-23H2,1,3-8H3,(H,40,47)(H,41,46)(H2,42,43,49)/t25-,26?,27-,28-,30+/m0/s1. The third-order valence-corrected chi connectivity index (χ3v) is 15.2. The molecule has 1 saturated heterocycles. The van der Waals surface area contributed by atoms with Crippen molar-refractivity contribution in [1.29, 1.82) is 0 Å². The van der Waals surface area contributed by atoms with E-state index < -0.39 is 79.7 Å². The van der Waals surface area contributed by atoms with Gasteiger partial charge in [0.1, 0.15) is 17.9 Å². The number of rotatable bonds is 14. The highest BCUT2D eigenvalue weighted by molar-refractivity contribution is 7.92. The third-order valence-electron chi connectivity index (χ3n) is 12.4. The zero-order valence-electron chi connectivity index (χ0n) is 32.3. The number of halogens is 1. The SMILES string of the molecule is C=C(F)CNC(=O)C(=O)C(CCC)NC(=O)[C@@H]1[C@@H]2[C@H](CN1C(=O)[C@@H](NC(=O)NC1(CS(=O)(=O)C(C)(C)C)CCCCC1)C1(C)CCCCC1)C2(C)C. The molecular weight excluding hydrogens is 690 g/mol. The summed E-state index contributed by atoms with van der Waals surface area (Å²) < 4.78 is 39.0. The molecule has 1 aliphatic heterocycles. The Balaban J connectivity index is 1.61. The van der Waals surface area contributed by atoms with E-state index in [1.165, 1.54) is 0 Å². The number of Topliss-reactive ketones (excluding diaryl/α,β-unsaturated/α-hetero) is 1. The number of nitrogens with zero attached hydrogens (tertiary/aromatic N) is 1. The molecule has 12 nitrogen and oxygen atoms in total. The first-order valence-electron chi connectivity index (χ1n) is 19.2. The summed E-state index contributed by atoms with van der Waals surface area (Å²) in [5.41, 5.74) is -1.84. The average Bonchev–Trinajstić information content (AvgIpc) is 3.36. The second kappa shape index (κ2) is 15.8.